The van der Waals surface area contributed by atoms with Crippen molar-refractivity contribution in [1.82, 2.24) is 4.90 Å². The van der Waals surface area contributed by atoms with Crippen LogP contribution in [0.1, 0.15) is 48.8 Å². The molecule has 2 fully saturated rings. The molecule has 3 aliphatic rings. The zero-order valence-corrected chi connectivity index (χ0v) is 12.8. The number of rotatable bonds is 1. The molecule has 2 saturated carbocycles. The average molecular weight is 269 g/mol. The van der Waals surface area contributed by atoms with Crippen molar-refractivity contribution >= 4 is 0 Å². The minimum absolute atomic E-state index is 0.931. The Morgan fingerprint density at radius 2 is 1.95 bits per heavy atom. The first-order chi connectivity index (χ1) is 9.79. The third kappa shape index (κ3) is 2.30. The summed E-state index contributed by atoms with van der Waals surface area (Å²) in [5.41, 5.74) is 4.66. The number of fused-ring (bicyclic) bond motifs is 3. The molecule has 0 radical (unpaired) electrons. The van der Waals surface area contributed by atoms with Gasteiger partial charge in [0.05, 0.1) is 0 Å². The third-order valence-electron chi connectivity index (χ3n) is 6.09. The lowest BCUT2D eigenvalue weighted by atomic mass is 9.91. The third-order valence-corrected chi connectivity index (χ3v) is 6.09. The van der Waals surface area contributed by atoms with E-state index in [1.807, 2.05) is 0 Å². The van der Waals surface area contributed by atoms with Crippen molar-refractivity contribution in [3.63, 3.8) is 0 Å². The summed E-state index contributed by atoms with van der Waals surface area (Å²) in [5.74, 6) is 2.11. The van der Waals surface area contributed by atoms with Crippen LogP contribution in [0.3, 0.4) is 0 Å². The molecule has 0 amide bonds. The molecule has 3 atom stereocenters. The van der Waals surface area contributed by atoms with Crippen LogP contribution in [0.5, 0.6) is 0 Å². The first-order valence-corrected chi connectivity index (χ1v) is 8.62. The van der Waals surface area contributed by atoms with Gasteiger partial charge in [0.2, 0.25) is 0 Å². The van der Waals surface area contributed by atoms with Gasteiger partial charge in [0.25, 0.3) is 0 Å². The summed E-state index contributed by atoms with van der Waals surface area (Å²) in [6.45, 7) is 4.85. The van der Waals surface area contributed by atoms with E-state index in [-0.39, 0.29) is 0 Å². The number of nitrogens with zero attached hydrogens (tertiary/aromatic N) is 1. The zero-order valence-electron chi connectivity index (χ0n) is 12.8. The molecule has 1 heterocycles. The Morgan fingerprint density at radius 1 is 1.00 bits per heavy atom. The average Bonchev–Trinajstić information content (AvgIpc) is 3.03. The highest BCUT2D eigenvalue weighted by Gasteiger charge is 2.42. The molecule has 108 valence electrons. The van der Waals surface area contributed by atoms with Gasteiger partial charge in [0.1, 0.15) is 0 Å². The minimum atomic E-state index is 0.931. The van der Waals surface area contributed by atoms with Gasteiger partial charge in [-0.25, -0.2) is 0 Å². The van der Waals surface area contributed by atoms with Crippen LogP contribution in [-0.2, 0) is 12.8 Å². The highest BCUT2D eigenvalue weighted by molar-refractivity contribution is 5.32. The largest absolute Gasteiger partial charge is 0.300 e. The Balaban J connectivity index is 1.49. The van der Waals surface area contributed by atoms with E-state index < -0.39 is 0 Å². The SMILES string of the molecule is Cc1ccc2c(c1)CCCN(C1CC3CCC1C3)CC2. The standard InChI is InChI=1S/C19H27N/c1-14-4-6-16-8-10-20(9-2-3-17(16)11-14)19-13-15-5-7-18(19)12-15/h4,6,11,15,18-19H,2-3,5,7-10,12-13H2,1H3. The molecule has 2 aliphatic carbocycles. The molecule has 1 aromatic carbocycles. The second-order valence-electron chi connectivity index (χ2n) is 7.40. The summed E-state index contributed by atoms with van der Waals surface area (Å²) in [5, 5.41) is 0. The topological polar surface area (TPSA) is 3.24 Å². The summed E-state index contributed by atoms with van der Waals surface area (Å²) in [6.07, 6.45) is 9.99. The van der Waals surface area contributed by atoms with Crippen LogP contribution in [0.2, 0.25) is 0 Å². The van der Waals surface area contributed by atoms with Crippen molar-refractivity contribution in [2.24, 2.45) is 11.8 Å². The number of benzene rings is 1. The molecular weight excluding hydrogens is 242 g/mol. The lowest BCUT2D eigenvalue weighted by Gasteiger charge is -2.36. The van der Waals surface area contributed by atoms with Gasteiger partial charge in [-0.3, -0.25) is 4.90 Å². The molecule has 3 unspecified atom stereocenters. The summed E-state index contributed by atoms with van der Waals surface area (Å²) in [4.78, 5) is 2.85. The van der Waals surface area contributed by atoms with E-state index in [1.54, 1.807) is 11.1 Å². The van der Waals surface area contributed by atoms with Gasteiger partial charge < -0.3 is 0 Å². The van der Waals surface area contributed by atoms with Crippen LogP contribution >= 0.6 is 0 Å². The van der Waals surface area contributed by atoms with Crippen molar-refractivity contribution < 1.29 is 0 Å². The first-order valence-electron chi connectivity index (χ1n) is 8.62. The van der Waals surface area contributed by atoms with Gasteiger partial charge in [-0.2, -0.15) is 0 Å². The van der Waals surface area contributed by atoms with Crippen molar-refractivity contribution in [3.05, 3.63) is 34.9 Å². The lowest BCUT2D eigenvalue weighted by Crippen LogP contribution is -2.41. The molecular formula is C19H27N. The molecule has 2 bridgehead atoms. The monoisotopic (exact) mass is 269 g/mol. The van der Waals surface area contributed by atoms with Crippen LogP contribution in [0.4, 0.5) is 0 Å². The fourth-order valence-electron chi connectivity index (χ4n) is 5.07. The highest BCUT2D eigenvalue weighted by Crippen LogP contribution is 2.46. The number of hydrogen-bond donors (Lipinski definition) is 0. The Bertz CT molecular complexity index is 493. The molecule has 0 saturated heterocycles. The van der Waals surface area contributed by atoms with Gasteiger partial charge >= 0.3 is 0 Å². The molecule has 1 heteroatoms. The van der Waals surface area contributed by atoms with Crippen molar-refractivity contribution in [1.29, 1.82) is 0 Å². The van der Waals surface area contributed by atoms with E-state index in [1.165, 1.54) is 63.6 Å². The van der Waals surface area contributed by atoms with E-state index in [9.17, 15) is 0 Å². The Hall–Kier alpha value is -0.820. The quantitative estimate of drug-likeness (QED) is 0.745. The van der Waals surface area contributed by atoms with E-state index in [0.29, 0.717) is 0 Å². The van der Waals surface area contributed by atoms with Crippen molar-refractivity contribution in [3.8, 4) is 0 Å². The fraction of sp³-hybridized carbons (Fsp3) is 0.684. The number of hydrogen-bond acceptors (Lipinski definition) is 1. The summed E-state index contributed by atoms with van der Waals surface area (Å²) < 4.78 is 0. The molecule has 0 spiro atoms. The smallest absolute Gasteiger partial charge is 0.0126 e. The molecule has 1 nitrogen and oxygen atoms in total. The summed E-state index contributed by atoms with van der Waals surface area (Å²) in [6, 6.07) is 8.03. The van der Waals surface area contributed by atoms with Crippen LogP contribution in [0.15, 0.2) is 18.2 Å². The fourth-order valence-corrected chi connectivity index (χ4v) is 5.07. The molecule has 0 N–H and O–H groups in total. The maximum atomic E-state index is 2.85. The first kappa shape index (κ1) is 12.9. The van der Waals surface area contributed by atoms with Crippen LogP contribution in [0, 0.1) is 18.8 Å². The number of aryl methyl sites for hydroxylation is 2. The van der Waals surface area contributed by atoms with Crippen molar-refractivity contribution in [2.75, 3.05) is 13.1 Å². The predicted molar refractivity (Wildman–Crippen MR) is 84.0 cm³/mol. The van der Waals surface area contributed by atoms with E-state index in [0.717, 1.165) is 17.9 Å². The van der Waals surface area contributed by atoms with Gasteiger partial charge in [-0.1, -0.05) is 30.2 Å². The summed E-state index contributed by atoms with van der Waals surface area (Å²) >= 11 is 0. The maximum absolute atomic E-state index is 2.85. The maximum Gasteiger partial charge on any atom is 0.0126 e. The highest BCUT2D eigenvalue weighted by atomic mass is 15.2. The van der Waals surface area contributed by atoms with Crippen LogP contribution in [-0.4, -0.2) is 24.0 Å². The predicted octanol–water partition coefficient (Wildman–Crippen LogP) is 3.97. The molecule has 1 aromatic rings. The van der Waals surface area contributed by atoms with Crippen molar-refractivity contribution in [2.45, 2.75) is 57.9 Å². The normalized spacial score (nSPS) is 33.8. The van der Waals surface area contributed by atoms with Gasteiger partial charge in [-0.15, -0.1) is 0 Å². The van der Waals surface area contributed by atoms with Gasteiger partial charge in [-0.05, 0) is 75.0 Å². The Kier molecular flexibility index (Phi) is 3.34. The van der Waals surface area contributed by atoms with E-state index in [4.69, 9.17) is 0 Å². The van der Waals surface area contributed by atoms with Gasteiger partial charge in [0, 0.05) is 12.6 Å². The molecule has 4 rings (SSSR count). The van der Waals surface area contributed by atoms with E-state index in [2.05, 4.69) is 30.0 Å². The Labute approximate surface area is 123 Å². The Morgan fingerprint density at radius 3 is 2.75 bits per heavy atom. The molecule has 0 aromatic heterocycles. The summed E-state index contributed by atoms with van der Waals surface area (Å²) in [7, 11) is 0. The van der Waals surface area contributed by atoms with Gasteiger partial charge in [0.15, 0.2) is 0 Å². The molecule has 1 aliphatic heterocycles. The second-order valence-corrected chi connectivity index (χ2v) is 7.40. The lowest BCUT2D eigenvalue weighted by molar-refractivity contribution is 0.140. The minimum Gasteiger partial charge on any atom is -0.300 e. The second kappa shape index (κ2) is 5.18. The van der Waals surface area contributed by atoms with Crippen LogP contribution in [0.25, 0.3) is 0 Å². The molecule has 20 heavy (non-hydrogen) atoms. The van der Waals surface area contributed by atoms with Crippen LogP contribution < -0.4 is 0 Å². The zero-order chi connectivity index (χ0) is 13.5. The van der Waals surface area contributed by atoms with E-state index >= 15 is 0 Å².